The number of halogens is 3. The summed E-state index contributed by atoms with van der Waals surface area (Å²) in [5.74, 6) is 1.53. The zero-order chi connectivity index (χ0) is 15.4. The van der Waals surface area contributed by atoms with Gasteiger partial charge in [0, 0.05) is 21.3 Å². The minimum absolute atomic E-state index is 0.0572. The molecule has 0 aliphatic carbocycles. The summed E-state index contributed by atoms with van der Waals surface area (Å²) in [5, 5.41) is 2.03. The number of benzene rings is 2. The van der Waals surface area contributed by atoms with Crippen LogP contribution < -0.4 is 9.47 Å². The molecular formula is C16H15BrCl2O2. The van der Waals surface area contributed by atoms with Crippen molar-refractivity contribution in [2.75, 3.05) is 19.5 Å². The molecule has 2 nitrogen and oxygen atoms in total. The number of rotatable bonds is 5. The van der Waals surface area contributed by atoms with E-state index in [0.29, 0.717) is 15.4 Å². The lowest BCUT2D eigenvalue weighted by Gasteiger charge is -2.19. The van der Waals surface area contributed by atoms with Gasteiger partial charge in [-0.3, -0.25) is 0 Å². The Labute approximate surface area is 143 Å². The maximum atomic E-state index is 6.37. The quantitative estimate of drug-likeness (QED) is 0.625. The number of hydrogen-bond donors (Lipinski definition) is 0. The van der Waals surface area contributed by atoms with Gasteiger partial charge in [-0.1, -0.05) is 51.3 Å². The van der Waals surface area contributed by atoms with Crippen molar-refractivity contribution in [2.24, 2.45) is 0 Å². The zero-order valence-corrected chi connectivity index (χ0v) is 14.8. The summed E-state index contributed by atoms with van der Waals surface area (Å²) >= 11 is 16.3. The standard InChI is InChI=1S/C16H15BrCl2O2/c1-20-10-3-5-12(15(18)7-10)14(9-17)13-6-4-11(21-2)8-16(13)19/h3-8,14H,9H2,1-2H3. The molecule has 112 valence electrons. The highest BCUT2D eigenvalue weighted by Gasteiger charge is 2.19. The van der Waals surface area contributed by atoms with Gasteiger partial charge < -0.3 is 9.47 Å². The average Bonchev–Trinajstić information content (AvgIpc) is 2.50. The van der Waals surface area contributed by atoms with Crippen molar-refractivity contribution in [3.63, 3.8) is 0 Å². The molecule has 0 amide bonds. The Hall–Kier alpha value is -0.900. The first-order valence-electron chi connectivity index (χ1n) is 6.33. The van der Waals surface area contributed by atoms with E-state index in [0.717, 1.165) is 22.6 Å². The van der Waals surface area contributed by atoms with E-state index in [-0.39, 0.29) is 5.92 Å². The fourth-order valence-corrected chi connectivity index (χ4v) is 3.47. The van der Waals surface area contributed by atoms with Crippen LogP contribution in [0.25, 0.3) is 0 Å². The predicted molar refractivity (Wildman–Crippen MR) is 91.6 cm³/mol. The molecule has 2 aromatic carbocycles. The Morgan fingerprint density at radius 2 is 1.33 bits per heavy atom. The van der Waals surface area contributed by atoms with Gasteiger partial charge >= 0.3 is 0 Å². The summed E-state index contributed by atoms with van der Waals surface area (Å²) in [7, 11) is 3.24. The molecule has 0 fully saturated rings. The van der Waals surface area contributed by atoms with Crippen molar-refractivity contribution in [2.45, 2.75) is 5.92 Å². The van der Waals surface area contributed by atoms with Crippen molar-refractivity contribution in [3.05, 3.63) is 57.6 Å². The molecule has 0 N–H and O–H groups in total. The van der Waals surface area contributed by atoms with E-state index in [4.69, 9.17) is 32.7 Å². The fourth-order valence-electron chi connectivity index (χ4n) is 2.17. The number of hydrogen-bond acceptors (Lipinski definition) is 2. The first kappa shape index (κ1) is 16.5. The van der Waals surface area contributed by atoms with Crippen LogP contribution in [0.3, 0.4) is 0 Å². The van der Waals surface area contributed by atoms with Gasteiger partial charge in [-0.05, 0) is 35.4 Å². The molecule has 0 aromatic heterocycles. The highest BCUT2D eigenvalue weighted by Crippen LogP contribution is 2.38. The van der Waals surface area contributed by atoms with Gasteiger partial charge in [0.1, 0.15) is 11.5 Å². The maximum Gasteiger partial charge on any atom is 0.120 e. The van der Waals surface area contributed by atoms with Crippen LogP contribution in [0.4, 0.5) is 0 Å². The van der Waals surface area contributed by atoms with Gasteiger partial charge in [0.05, 0.1) is 14.2 Å². The second kappa shape index (κ2) is 7.39. The summed E-state index contributed by atoms with van der Waals surface area (Å²) in [6.07, 6.45) is 0. The lowest BCUT2D eigenvalue weighted by Crippen LogP contribution is -2.04. The van der Waals surface area contributed by atoms with E-state index < -0.39 is 0 Å². The molecule has 21 heavy (non-hydrogen) atoms. The van der Waals surface area contributed by atoms with Crippen molar-refractivity contribution in [1.29, 1.82) is 0 Å². The van der Waals surface area contributed by atoms with Crippen LogP contribution in [0.2, 0.25) is 10.0 Å². The topological polar surface area (TPSA) is 18.5 Å². The minimum atomic E-state index is 0.0572. The van der Waals surface area contributed by atoms with Crippen LogP contribution in [0.5, 0.6) is 11.5 Å². The minimum Gasteiger partial charge on any atom is -0.497 e. The monoisotopic (exact) mass is 388 g/mol. The molecule has 2 aromatic rings. The molecule has 5 heteroatoms. The molecule has 0 heterocycles. The molecule has 0 atom stereocenters. The van der Waals surface area contributed by atoms with E-state index in [2.05, 4.69) is 15.9 Å². The molecule has 0 aliphatic heterocycles. The molecule has 0 aliphatic rings. The third-order valence-corrected chi connectivity index (χ3v) is 4.62. The van der Waals surface area contributed by atoms with Gasteiger partial charge in [0.25, 0.3) is 0 Å². The summed E-state index contributed by atoms with van der Waals surface area (Å²) in [5.41, 5.74) is 2.00. The van der Waals surface area contributed by atoms with Crippen LogP contribution in [0, 0.1) is 0 Å². The van der Waals surface area contributed by atoms with Crippen LogP contribution in [-0.4, -0.2) is 19.5 Å². The van der Waals surface area contributed by atoms with E-state index in [9.17, 15) is 0 Å². The summed E-state index contributed by atoms with van der Waals surface area (Å²) in [6.45, 7) is 0. The van der Waals surface area contributed by atoms with Crippen LogP contribution >= 0.6 is 39.1 Å². The molecule has 0 bridgehead atoms. The summed E-state index contributed by atoms with van der Waals surface area (Å²) < 4.78 is 10.4. The van der Waals surface area contributed by atoms with E-state index in [1.807, 2.05) is 36.4 Å². The van der Waals surface area contributed by atoms with Crippen molar-refractivity contribution in [1.82, 2.24) is 0 Å². The molecule has 0 radical (unpaired) electrons. The lowest BCUT2D eigenvalue weighted by atomic mass is 9.93. The van der Waals surface area contributed by atoms with E-state index >= 15 is 0 Å². The molecular weight excluding hydrogens is 375 g/mol. The van der Waals surface area contributed by atoms with Crippen LogP contribution in [-0.2, 0) is 0 Å². The second-order valence-electron chi connectivity index (χ2n) is 4.48. The number of alkyl halides is 1. The Balaban J connectivity index is 2.44. The molecule has 0 unspecified atom stereocenters. The second-order valence-corrected chi connectivity index (χ2v) is 5.94. The lowest BCUT2D eigenvalue weighted by molar-refractivity contribution is 0.414. The van der Waals surface area contributed by atoms with Crippen molar-refractivity contribution in [3.8, 4) is 11.5 Å². The van der Waals surface area contributed by atoms with Gasteiger partial charge in [-0.15, -0.1) is 0 Å². The number of methoxy groups -OCH3 is 2. The van der Waals surface area contributed by atoms with Gasteiger partial charge in [-0.25, -0.2) is 0 Å². The molecule has 0 spiro atoms. The van der Waals surface area contributed by atoms with Crippen LogP contribution in [0.1, 0.15) is 17.0 Å². The average molecular weight is 390 g/mol. The Kier molecular flexibility index (Phi) is 5.80. The van der Waals surface area contributed by atoms with Gasteiger partial charge in [0.2, 0.25) is 0 Å². The summed E-state index contributed by atoms with van der Waals surface area (Å²) in [6, 6.07) is 11.3. The van der Waals surface area contributed by atoms with Crippen molar-refractivity contribution < 1.29 is 9.47 Å². The highest BCUT2D eigenvalue weighted by atomic mass is 79.9. The third kappa shape index (κ3) is 3.65. The Morgan fingerprint density at radius 1 is 0.905 bits per heavy atom. The highest BCUT2D eigenvalue weighted by molar-refractivity contribution is 9.09. The Morgan fingerprint density at radius 3 is 1.62 bits per heavy atom. The van der Waals surface area contributed by atoms with Gasteiger partial charge in [-0.2, -0.15) is 0 Å². The third-order valence-electron chi connectivity index (χ3n) is 3.32. The first-order chi connectivity index (χ1) is 10.1. The normalized spacial score (nSPS) is 10.8. The first-order valence-corrected chi connectivity index (χ1v) is 8.21. The summed E-state index contributed by atoms with van der Waals surface area (Å²) in [4.78, 5) is 0. The zero-order valence-electron chi connectivity index (χ0n) is 11.7. The van der Waals surface area contributed by atoms with E-state index in [1.54, 1.807) is 14.2 Å². The molecule has 0 saturated heterocycles. The van der Waals surface area contributed by atoms with Gasteiger partial charge in [0.15, 0.2) is 0 Å². The maximum absolute atomic E-state index is 6.37. The number of ether oxygens (including phenoxy) is 2. The smallest absolute Gasteiger partial charge is 0.120 e. The molecule has 2 rings (SSSR count). The largest absolute Gasteiger partial charge is 0.497 e. The molecule has 0 saturated carbocycles. The van der Waals surface area contributed by atoms with E-state index in [1.165, 1.54) is 0 Å². The van der Waals surface area contributed by atoms with Crippen molar-refractivity contribution >= 4 is 39.1 Å². The SMILES string of the molecule is COc1ccc(C(CBr)c2ccc(OC)cc2Cl)c(Cl)c1. The fraction of sp³-hybridized carbons (Fsp3) is 0.250. The van der Waals surface area contributed by atoms with Crippen LogP contribution in [0.15, 0.2) is 36.4 Å². The Bertz CT molecular complexity index is 578. The predicted octanol–water partition coefficient (Wildman–Crippen LogP) is 5.54.